The van der Waals surface area contributed by atoms with Gasteiger partial charge in [0.2, 0.25) is 11.8 Å². The van der Waals surface area contributed by atoms with E-state index in [1.165, 1.54) is 7.11 Å². The molecule has 0 radical (unpaired) electrons. The summed E-state index contributed by atoms with van der Waals surface area (Å²) in [7, 11) is -1.44. The second-order valence-electron chi connectivity index (χ2n) is 12.6. The number of cyclic esters (lactones) is 1. The van der Waals surface area contributed by atoms with Crippen molar-refractivity contribution in [2.45, 2.75) is 63.8 Å². The topological polar surface area (TPSA) is 98.2 Å². The van der Waals surface area contributed by atoms with Crippen molar-refractivity contribution in [3.8, 4) is 5.88 Å². The van der Waals surface area contributed by atoms with Gasteiger partial charge in [-0.3, -0.25) is 4.79 Å². The van der Waals surface area contributed by atoms with Gasteiger partial charge in [0.1, 0.15) is 12.6 Å². The molecule has 3 aromatic carbocycles. The highest BCUT2D eigenvalue weighted by Crippen LogP contribution is 2.41. The van der Waals surface area contributed by atoms with Crippen LogP contribution < -0.4 is 15.1 Å². The molecule has 1 aromatic heterocycles. The van der Waals surface area contributed by atoms with Crippen molar-refractivity contribution in [3.63, 3.8) is 0 Å². The fraction of sp³-hybridized carbons (Fsp3) is 0.324. The third-order valence-electron chi connectivity index (χ3n) is 8.92. The third-order valence-corrected chi connectivity index (χ3v) is 13.9. The molecule has 8 nitrogen and oxygen atoms in total. The molecule has 1 aliphatic heterocycles. The van der Waals surface area contributed by atoms with Crippen molar-refractivity contribution in [2.24, 2.45) is 0 Å². The Morgan fingerprint density at radius 2 is 1.52 bits per heavy atom. The van der Waals surface area contributed by atoms with Crippen molar-refractivity contribution >= 4 is 30.7 Å². The van der Waals surface area contributed by atoms with E-state index in [1.54, 1.807) is 12.3 Å². The summed E-state index contributed by atoms with van der Waals surface area (Å²) in [5.74, 6) is -0.229. The molecule has 2 heterocycles. The summed E-state index contributed by atoms with van der Waals surface area (Å²) in [6.45, 7) is 8.53. The van der Waals surface area contributed by atoms with Gasteiger partial charge in [0.25, 0.3) is 8.32 Å². The quantitative estimate of drug-likeness (QED) is 0.205. The number of amides is 2. The molecule has 5 rings (SSSR count). The number of methoxy groups -OCH3 is 1. The van der Waals surface area contributed by atoms with Crippen LogP contribution in [0.15, 0.2) is 103 Å². The summed E-state index contributed by atoms with van der Waals surface area (Å²) < 4.78 is 18.2. The van der Waals surface area contributed by atoms with E-state index in [-0.39, 0.29) is 31.1 Å². The molecule has 9 heteroatoms. The molecule has 2 amide bonds. The van der Waals surface area contributed by atoms with Gasteiger partial charge in [-0.05, 0) is 39.0 Å². The van der Waals surface area contributed by atoms with Crippen LogP contribution in [-0.2, 0) is 26.2 Å². The highest BCUT2D eigenvalue weighted by molar-refractivity contribution is 6.99. The number of rotatable bonds is 11. The van der Waals surface area contributed by atoms with Crippen molar-refractivity contribution in [2.75, 3.05) is 13.7 Å². The molecule has 2 atom stereocenters. The van der Waals surface area contributed by atoms with Gasteiger partial charge in [-0.25, -0.2) is 14.7 Å². The molecule has 0 unspecified atom stereocenters. The van der Waals surface area contributed by atoms with E-state index in [0.29, 0.717) is 17.0 Å². The highest BCUT2D eigenvalue weighted by atomic mass is 28.4. The van der Waals surface area contributed by atoms with E-state index in [9.17, 15) is 14.7 Å². The fourth-order valence-corrected chi connectivity index (χ4v) is 11.0. The SMILES string of the molecule is CC[C@@](O)(CC(=O)N1C(=O)OC[C@H]1c1ccccc1)c1ccnc(OC)c1CO[Si](c1ccccc1)(c1ccccc1)C(C)(C)C. The number of carbonyl (C=O) groups is 2. The number of hydrogen-bond acceptors (Lipinski definition) is 7. The molecular weight excluding hydrogens is 597 g/mol. The lowest BCUT2D eigenvalue weighted by Crippen LogP contribution is -2.66. The Balaban J connectivity index is 1.54. The summed E-state index contributed by atoms with van der Waals surface area (Å²) in [6.07, 6.45) is 0.681. The first-order chi connectivity index (χ1) is 22.1. The van der Waals surface area contributed by atoms with Gasteiger partial charge < -0.3 is 19.0 Å². The molecule has 1 aliphatic rings. The van der Waals surface area contributed by atoms with Crippen LogP contribution in [0, 0.1) is 0 Å². The third kappa shape index (κ3) is 6.22. The van der Waals surface area contributed by atoms with E-state index in [0.717, 1.165) is 20.8 Å². The maximum Gasteiger partial charge on any atom is 0.417 e. The van der Waals surface area contributed by atoms with Crippen molar-refractivity contribution in [1.29, 1.82) is 0 Å². The molecule has 0 bridgehead atoms. The van der Waals surface area contributed by atoms with E-state index < -0.39 is 32.0 Å². The molecule has 1 fully saturated rings. The summed E-state index contributed by atoms with van der Waals surface area (Å²) in [6, 6.07) is 31.0. The number of aliphatic hydroxyl groups is 1. The number of nitrogens with zero attached hydrogens (tertiary/aromatic N) is 2. The van der Waals surface area contributed by atoms with E-state index in [1.807, 2.05) is 73.7 Å². The Kier molecular flexibility index (Phi) is 9.76. The van der Waals surface area contributed by atoms with Gasteiger partial charge in [-0.15, -0.1) is 0 Å². The zero-order chi connectivity index (χ0) is 33.0. The van der Waals surface area contributed by atoms with Crippen molar-refractivity contribution < 1.29 is 28.6 Å². The lowest BCUT2D eigenvalue weighted by atomic mass is 9.85. The Morgan fingerprint density at radius 3 is 2.04 bits per heavy atom. The average Bonchev–Trinajstić information content (AvgIpc) is 3.47. The van der Waals surface area contributed by atoms with E-state index in [2.05, 4.69) is 50.0 Å². The standard InChI is InChI=1S/C37H42N2O6Si/c1-6-37(42,24-33(40)39-32(26-44-35(39)41)27-16-10-7-11-17-27)31-22-23-38-34(43-5)30(31)25-45-46(36(2,3)4,28-18-12-8-13-19-28)29-20-14-9-15-21-29/h7-23,32,42H,6,24-26H2,1-5H3/t32-,37+/m0/s1. The van der Waals surface area contributed by atoms with Crippen LogP contribution in [0.3, 0.4) is 0 Å². The van der Waals surface area contributed by atoms with Crippen molar-refractivity contribution in [1.82, 2.24) is 9.88 Å². The van der Waals surface area contributed by atoms with Gasteiger partial charge in [-0.1, -0.05) is 119 Å². The molecular formula is C37H42N2O6Si. The Morgan fingerprint density at radius 1 is 0.957 bits per heavy atom. The maximum absolute atomic E-state index is 13.9. The Labute approximate surface area is 272 Å². The van der Waals surface area contributed by atoms with Crippen LogP contribution >= 0.6 is 0 Å². The highest BCUT2D eigenvalue weighted by Gasteiger charge is 2.51. The minimum absolute atomic E-state index is 0.0554. The van der Waals surface area contributed by atoms with Gasteiger partial charge in [0.05, 0.1) is 25.7 Å². The number of carbonyl (C=O) groups excluding carboxylic acids is 2. The minimum atomic E-state index is -2.97. The van der Waals surface area contributed by atoms with Crippen LogP contribution in [0.5, 0.6) is 5.88 Å². The molecule has 240 valence electrons. The van der Waals surface area contributed by atoms with Crippen LogP contribution in [-0.4, -0.2) is 49.0 Å². The first-order valence-electron chi connectivity index (χ1n) is 15.6. The lowest BCUT2D eigenvalue weighted by Gasteiger charge is -2.43. The summed E-state index contributed by atoms with van der Waals surface area (Å²) in [4.78, 5) is 32.3. The van der Waals surface area contributed by atoms with Crippen LogP contribution in [0.2, 0.25) is 5.04 Å². The number of ether oxygens (including phenoxy) is 2. The number of hydrogen-bond donors (Lipinski definition) is 1. The summed E-state index contributed by atoms with van der Waals surface area (Å²) in [5, 5.41) is 14.2. The zero-order valence-corrected chi connectivity index (χ0v) is 28.1. The van der Waals surface area contributed by atoms with Gasteiger partial charge >= 0.3 is 6.09 Å². The maximum atomic E-state index is 13.9. The van der Waals surface area contributed by atoms with Crippen LogP contribution in [0.4, 0.5) is 4.79 Å². The lowest BCUT2D eigenvalue weighted by molar-refractivity contribution is -0.135. The zero-order valence-electron chi connectivity index (χ0n) is 27.1. The smallest absolute Gasteiger partial charge is 0.417 e. The van der Waals surface area contributed by atoms with Gasteiger partial charge in [0, 0.05) is 11.8 Å². The molecule has 4 aromatic rings. The van der Waals surface area contributed by atoms with E-state index >= 15 is 0 Å². The molecule has 46 heavy (non-hydrogen) atoms. The first kappa shape index (κ1) is 33.1. The number of benzene rings is 3. The monoisotopic (exact) mass is 638 g/mol. The Hall–Kier alpha value is -4.31. The van der Waals surface area contributed by atoms with Crippen molar-refractivity contribution in [3.05, 3.63) is 120 Å². The first-order valence-corrected chi connectivity index (χ1v) is 17.5. The molecule has 0 aliphatic carbocycles. The largest absolute Gasteiger partial charge is 0.481 e. The summed E-state index contributed by atoms with van der Waals surface area (Å²) in [5.41, 5.74) is 0.157. The second-order valence-corrected chi connectivity index (χ2v) is 16.9. The van der Waals surface area contributed by atoms with Crippen LogP contribution in [0.1, 0.15) is 63.3 Å². The number of aromatic nitrogens is 1. The minimum Gasteiger partial charge on any atom is -0.481 e. The normalized spacial score (nSPS) is 16.5. The van der Waals surface area contributed by atoms with Crippen LogP contribution in [0.25, 0.3) is 0 Å². The molecule has 1 N–H and O–H groups in total. The summed E-state index contributed by atoms with van der Waals surface area (Å²) >= 11 is 0. The molecule has 0 saturated carbocycles. The second kappa shape index (κ2) is 13.6. The molecule has 1 saturated heterocycles. The average molecular weight is 639 g/mol. The van der Waals surface area contributed by atoms with Gasteiger partial charge in [0.15, 0.2) is 0 Å². The predicted octanol–water partition coefficient (Wildman–Crippen LogP) is 5.87. The fourth-order valence-electron chi connectivity index (χ4n) is 6.53. The van der Waals surface area contributed by atoms with E-state index in [4.69, 9.17) is 13.9 Å². The number of imide groups is 1. The Bertz CT molecular complexity index is 1610. The molecule has 0 spiro atoms. The number of pyridine rings is 1. The predicted molar refractivity (Wildman–Crippen MR) is 179 cm³/mol. The van der Waals surface area contributed by atoms with Gasteiger partial charge in [-0.2, -0.15) is 0 Å².